The topological polar surface area (TPSA) is 96.6 Å². The van der Waals surface area contributed by atoms with E-state index in [1.165, 1.54) is 47.7 Å². The van der Waals surface area contributed by atoms with Crippen LogP contribution in [0.4, 0.5) is 0 Å². The van der Waals surface area contributed by atoms with Crippen molar-refractivity contribution in [2.75, 3.05) is 35.5 Å². The van der Waals surface area contributed by atoms with E-state index in [1.807, 2.05) is 0 Å². The molecule has 2 aromatic carbocycles. The van der Waals surface area contributed by atoms with Crippen LogP contribution in [0.3, 0.4) is 0 Å². The maximum atomic E-state index is 12.9. The average molecular weight is 388 g/mol. The minimum absolute atomic E-state index is 0.00570. The number of phenols is 1. The highest BCUT2D eigenvalue weighted by atomic mass is 16.5. The first-order chi connectivity index (χ1) is 13.5. The summed E-state index contributed by atoms with van der Waals surface area (Å²) in [7, 11) is 7.25. The molecule has 1 N–H and O–H groups in total. The lowest BCUT2D eigenvalue weighted by molar-refractivity contribution is 0.324. The number of hydrogen-bond acceptors (Lipinski definition) is 8. The van der Waals surface area contributed by atoms with Gasteiger partial charge in [-0.05, 0) is 12.1 Å². The molecule has 0 unspecified atom stereocenters. The maximum Gasteiger partial charge on any atom is 0.239 e. The van der Waals surface area contributed by atoms with Gasteiger partial charge in [-0.3, -0.25) is 4.79 Å². The molecule has 0 aliphatic rings. The Labute approximate surface area is 160 Å². The van der Waals surface area contributed by atoms with Gasteiger partial charge in [-0.15, -0.1) is 0 Å². The van der Waals surface area contributed by atoms with E-state index >= 15 is 0 Å². The fourth-order valence-corrected chi connectivity index (χ4v) is 2.96. The third-order valence-electron chi connectivity index (χ3n) is 4.27. The van der Waals surface area contributed by atoms with Gasteiger partial charge in [0.2, 0.25) is 16.9 Å². The average Bonchev–Trinajstić information content (AvgIpc) is 2.71. The highest BCUT2D eigenvalue weighted by Gasteiger charge is 2.23. The van der Waals surface area contributed by atoms with Crippen LogP contribution >= 0.6 is 0 Å². The van der Waals surface area contributed by atoms with Crippen LogP contribution < -0.4 is 29.1 Å². The Morgan fingerprint density at radius 2 is 1.39 bits per heavy atom. The van der Waals surface area contributed by atoms with E-state index in [0.29, 0.717) is 28.6 Å². The Kier molecular flexibility index (Phi) is 5.21. The van der Waals surface area contributed by atoms with Crippen molar-refractivity contribution in [3.63, 3.8) is 0 Å². The molecule has 3 aromatic rings. The molecule has 0 fully saturated rings. The smallest absolute Gasteiger partial charge is 0.239 e. The second-order valence-electron chi connectivity index (χ2n) is 5.73. The van der Waals surface area contributed by atoms with Crippen LogP contribution in [0.1, 0.15) is 0 Å². The molecule has 8 nitrogen and oxygen atoms in total. The van der Waals surface area contributed by atoms with E-state index in [-0.39, 0.29) is 28.2 Å². The van der Waals surface area contributed by atoms with E-state index in [9.17, 15) is 9.90 Å². The van der Waals surface area contributed by atoms with E-state index in [0.717, 1.165) is 0 Å². The number of ether oxygens (including phenoxy) is 5. The quantitative estimate of drug-likeness (QED) is 0.688. The van der Waals surface area contributed by atoms with Crippen molar-refractivity contribution in [3.05, 3.63) is 34.5 Å². The van der Waals surface area contributed by atoms with Crippen molar-refractivity contribution in [1.29, 1.82) is 0 Å². The van der Waals surface area contributed by atoms with Crippen LogP contribution in [0, 0.1) is 0 Å². The molecular formula is C20H20O8. The Balaban J connectivity index is 2.38. The summed E-state index contributed by atoms with van der Waals surface area (Å²) in [5.41, 5.74) is 0.0896. The van der Waals surface area contributed by atoms with E-state index in [4.69, 9.17) is 28.1 Å². The van der Waals surface area contributed by atoms with E-state index < -0.39 is 5.43 Å². The Morgan fingerprint density at radius 3 is 1.89 bits per heavy atom. The molecule has 0 atom stereocenters. The molecule has 1 heterocycles. The van der Waals surface area contributed by atoms with E-state index in [2.05, 4.69) is 0 Å². The summed E-state index contributed by atoms with van der Waals surface area (Å²) >= 11 is 0. The number of aromatic hydroxyl groups is 1. The highest BCUT2D eigenvalue weighted by molar-refractivity contribution is 5.88. The van der Waals surface area contributed by atoms with Gasteiger partial charge in [0.05, 0.1) is 35.5 Å². The van der Waals surface area contributed by atoms with Crippen LogP contribution in [0.15, 0.2) is 33.5 Å². The van der Waals surface area contributed by atoms with Crippen LogP contribution in [0.25, 0.3) is 22.3 Å². The van der Waals surface area contributed by atoms with Crippen molar-refractivity contribution in [1.82, 2.24) is 0 Å². The van der Waals surface area contributed by atoms with Gasteiger partial charge in [0.25, 0.3) is 0 Å². The van der Waals surface area contributed by atoms with Gasteiger partial charge in [0.15, 0.2) is 17.3 Å². The van der Waals surface area contributed by atoms with Gasteiger partial charge < -0.3 is 33.2 Å². The Bertz CT molecular complexity index is 1060. The summed E-state index contributed by atoms with van der Waals surface area (Å²) in [5.74, 6) is 1.32. The molecule has 148 valence electrons. The zero-order chi connectivity index (χ0) is 20.4. The summed E-state index contributed by atoms with van der Waals surface area (Å²) in [6.07, 6.45) is 0. The number of fused-ring (bicyclic) bond motifs is 1. The van der Waals surface area contributed by atoms with Crippen molar-refractivity contribution in [2.45, 2.75) is 0 Å². The molecule has 0 spiro atoms. The first-order valence-electron chi connectivity index (χ1n) is 8.21. The SMILES string of the molecule is COc1cc(O)c2c(=O)c(OC)c(-c3cc(OC)c(OC)c(OC)c3)oc2c1. The third-order valence-corrected chi connectivity index (χ3v) is 4.27. The molecule has 0 amide bonds. The van der Waals surface area contributed by atoms with Crippen molar-refractivity contribution < 1.29 is 33.2 Å². The Morgan fingerprint density at radius 1 is 0.786 bits per heavy atom. The summed E-state index contributed by atoms with van der Waals surface area (Å²) < 4.78 is 32.4. The van der Waals surface area contributed by atoms with Gasteiger partial charge in [-0.2, -0.15) is 0 Å². The molecule has 0 aliphatic carbocycles. The molecule has 0 radical (unpaired) electrons. The van der Waals surface area contributed by atoms with Gasteiger partial charge in [0, 0.05) is 17.7 Å². The number of methoxy groups -OCH3 is 5. The fraction of sp³-hybridized carbons (Fsp3) is 0.250. The van der Waals surface area contributed by atoms with Crippen molar-refractivity contribution in [2.24, 2.45) is 0 Å². The fourth-order valence-electron chi connectivity index (χ4n) is 2.96. The third kappa shape index (κ3) is 3.02. The van der Waals surface area contributed by atoms with Crippen molar-refractivity contribution >= 4 is 11.0 Å². The van der Waals surface area contributed by atoms with Gasteiger partial charge in [0.1, 0.15) is 22.5 Å². The van der Waals surface area contributed by atoms with Crippen LogP contribution in [-0.2, 0) is 0 Å². The van der Waals surface area contributed by atoms with E-state index in [1.54, 1.807) is 12.1 Å². The first-order valence-corrected chi connectivity index (χ1v) is 8.21. The second-order valence-corrected chi connectivity index (χ2v) is 5.73. The zero-order valence-electron chi connectivity index (χ0n) is 16.1. The number of benzene rings is 2. The molecule has 0 aliphatic heterocycles. The minimum Gasteiger partial charge on any atom is -0.507 e. The van der Waals surface area contributed by atoms with Crippen molar-refractivity contribution in [3.8, 4) is 45.8 Å². The number of rotatable bonds is 6. The summed E-state index contributed by atoms with van der Waals surface area (Å²) in [6, 6.07) is 6.11. The molecule has 8 heteroatoms. The standard InChI is InChI=1S/C20H20O8/c1-23-11-8-12(21)16-13(9-11)28-18(20(27-5)17(16)22)10-6-14(24-2)19(26-4)15(7-10)25-3/h6-9,21H,1-5H3. The second kappa shape index (κ2) is 7.59. The monoisotopic (exact) mass is 388 g/mol. The molecule has 0 bridgehead atoms. The first kappa shape index (κ1) is 19.2. The lowest BCUT2D eigenvalue weighted by atomic mass is 10.1. The van der Waals surface area contributed by atoms with Gasteiger partial charge >= 0.3 is 0 Å². The van der Waals surface area contributed by atoms with Gasteiger partial charge in [-0.25, -0.2) is 0 Å². The lowest BCUT2D eigenvalue weighted by Crippen LogP contribution is -2.08. The molecule has 1 aromatic heterocycles. The highest BCUT2D eigenvalue weighted by Crippen LogP contribution is 2.43. The molecule has 28 heavy (non-hydrogen) atoms. The molecular weight excluding hydrogens is 368 g/mol. The molecule has 3 rings (SSSR count). The van der Waals surface area contributed by atoms with Gasteiger partial charge in [-0.1, -0.05) is 0 Å². The summed E-state index contributed by atoms with van der Waals surface area (Å²) in [6.45, 7) is 0. The largest absolute Gasteiger partial charge is 0.507 e. The predicted octanol–water partition coefficient (Wildman–Crippen LogP) is 3.21. The lowest BCUT2D eigenvalue weighted by Gasteiger charge is -2.15. The summed E-state index contributed by atoms with van der Waals surface area (Å²) in [5, 5.41) is 10.2. The number of phenolic OH excluding ortho intramolecular Hbond substituents is 1. The number of hydrogen-bond donors (Lipinski definition) is 1. The Hall–Kier alpha value is -3.55. The maximum absolute atomic E-state index is 12.9. The zero-order valence-corrected chi connectivity index (χ0v) is 16.1. The minimum atomic E-state index is -0.521. The predicted molar refractivity (Wildman–Crippen MR) is 102 cm³/mol. The normalized spacial score (nSPS) is 10.6. The summed E-state index contributed by atoms with van der Waals surface area (Å²) in [4.78, 5) is 12.9. The van der Waals surface area contributed by atoms with Crippen LogP contribution in [-0.4, -0.2) is 40.7 Å². The van der Waals surface area contributed by atoms with Crippen LogP contribution in [0.5, 0.6) is 34.5 Å². The van der Waals surface area contributed by atoms with Crippen LogP contribution in [0.2, 0.25) is 0 Å². The molecule has 0 saturated heterocycles. The molecule has 0 saturated carbocycles.